The third kappa shape index (κ3) is 3.06. The fourth-order valence-corrected chi connectivity index (χ4v) is 1.50. The molecule has 0 aliphatic rings. The molecule has 14 heavy (non-hydrogen) atoms. The van der Waals surface area contributed by atoms with E-state index in [0.717, 1.165) is 0 Å². The van der Waals surface area contributed by atoms with Gasteiger partial charge in [0.05, 0.1) is 24.4 Å². The summed E-state index contributed by atoms with van der Waals surface area (Å²) in [4.78, 5) is 20.8. The Hall–Kier alpha value is -0.980. The lowest BCUT2D eigenvalue weighted by Gasteiger charge is -2.03. The van der Waals surface area contributed by atoms with Crippen LogP contribution in [0.15, 0.2) is 5.51 Å². The van der Waals surface area contributed by atoms with Crippen molar-refractivity contribution in [3.8, 4) is 0 Å². The van der Waals surface area contributed by atoms with Crippen LogP contribution in [0.1, 0.15) is 15.4 Å². The maximum Gasteiger partial charge on any atom is 0.286 e. The average molecular weight is 216 g/mol. The first-order valence-electron chi connectivity index (χ1n) is 4.07. The Morgan fingerprint density at radius 2 is 2.43 bits per heavy atom. The molecule has 0 fully saturated rings. The van der Waals surface area contributed by atoms with Gasteiger partial charge in [-0.3, -0.25) is 9.63 Å². The van der Waals surface area contributed by atoms with E-state index in [-0.39, 0.29) is 5.91 Å². The van der Waals surface area contributed by atoms with Gasteiger partial charge in [-0.05, 0) is 6.92 Å². The molecule has 1 aromatic rings. The van der Waals surface area contributed by atoms with Gasteiger partial charge in [0.25, 0.3) is 5.91 Å². The zero-order valence-electron chi connectivity index (χ0n) is 8.07. The van der Waals surface area contributed by atoms with Crippen molar-refractivity contribution in [3.05, 3.63) is 16.1 Å². The Morgan fingerprint density at radius 1 is 1.64 bits per heavy atom. The quantitative estimate of drug-likeness (QED) is 0.583. The first-order chi connectivity index (χ1) is 6.75. The number of aryl methyl sites for hydroxylation is 1. The van der Waals surface area contributed by atoms with E-state index in [9.17, 15) is 4.79 Å². The standard InChI is InChI=1S/C8H12N2O3S/c1-6-7(14-5-9-6)8(11)10-13-4-3-12-2/h5H,3-4H2,1-2H3,(H,10,11). The molecule has 1 rings (SSSR count). The van der Waals surface area contributed by atoms with Gasteiger partial charge in [0.2, 0.25) is 0 Å². The van der Waals surface area contributed by atoms with Crippen molar-refractivity contribution in [2.75, 3.05) is 20.3 Å². The highest BCUT2D eigenvalue weighted by atomic mass is 32.1. The van der Waals surface area contributed by atoms with Crippen LogP contribution in [0.5, 0.6) is 0 Å². The smallest absolute Gasteiger partial charge is 0.286 e. The summed E-state index contributed by atoms with van der Waals surface area (Å²) in [5, 5.41) is 0. The second-order valence-electron chi connectivity index (χ2n) is 2.54. The topological polar surface area (TPSA) is 60.5 Å². The second-order valence-corrected chi connectivity index (χ2v) is 3.39. The van der Waals surface area contributed by atoms with Crippen LogP contribution in [0, 0.1) is 6.92 Å². The molecular formula is C8H12N2O3S. The number of carbonyl (C=O) groups excluding carboxylic acids is 1. The van der Waals surface area contributed by atoms with Crippen LogP contribution in [0.25, 0.3) is 0 Å². The molecule has 0 aliphatic heterocycles. The van der Waals surface area contributed by atoms with E-state index in [1.165, 1.54) is 11.3 Å². The van der Waals surface area contributed by atoms with Gasteiger partial charge in [0.1, 0.15) is 4.88 Å². The second kappa shape index (κ2) is 5.69. The van der Waals surface area contributed by atoms with Crippen LogP contribution in [0.3, 0.4) is 0 Å². The van der Waals surface area contributed by atoms with E-state index in [1.54, 1.807) is 19.5 Å². The number of amides is 1. The van der Waals surface area contributed by atoms with Crippen LogP contribution < -0.4 is 5.48 Å². The lowest BCUT2D eigenvalue weighted by molar-refractivity contribution is 0.00910. The van der Waals surface area contributed by atoms with Crippen molar-refractivity contribution in [1.29, 1.82) is 0 Å². The van der Waals surface area contributed by atoms with Crippen molar-refractivity contribution < 1.29 is 14.4 Å². The molecule has 0 unspecified atom stereocenters. The summed E-state index contributed by atoms with van der Waals surface area (Å²) in [5.74, 6) is -0.263. The van der Waals surface area contributed by atoms with Gasteiger partial charge >= 0.3 is 0 Å². The molecule has 1 heterocycles. The zero-order chi connectivity index (χ0) is 10.4. The fourth-order valence-electron chi connectivity index (χ4n) is 0.808. The summed E-state index contributed by atoms with van der Waals surface area (Å²) in [7, 11) is 1.57. The van der Waals surface area contributed by atoms with Crippen molar-refractivity contribution in [1.82, 2.24) is 10.5 Å². The minimum Gasteiger partial charge on any atom is -0.382 e. The highest BCUT2D eigenvalue weighted by Gasteiger charge is 2.10. The Balaban J connectivity index is 2.32. The molecule has 1 amide bonds. The van der Waals surface area contributed by atoms with E-state index in [4.69, 9.17) is 9.57 Å². The molecule has 0 atom stereocenters. The first kappa shape index (κ1) is 11.1. The van der Waals surface area contributed by atoms with E-state index < -0.39 is 0 Å². The summed E-state index contributed by atoms with van der Waals surface area (Å²) in [6, 6.07) is 0. The molecule has 0 saturated carbocycles. The lowest BCUT2D eigenvalue weighted by Crippen LogP contribution is -2.25. The van der Waals surface area contributed by atoms with Crippen molar-refractivity contribution in [2.45, 2.75) is 6.92 Å². The van der Waals surface area contributed by atoms with Gasteiger partial charge in [-0.25, -0.2) is 10.5 Å². The van der Waals surface area contributed by atoms with E-state index in [0.29, 0.717) is 23.8 Å². The number of rotatable bonds is 5. The van der Waals surface area contributed by atoms with E-state index in [2.05, 4.69) is 10.5 Å². The predicted molar refractivity (Wildman–Crippen MR) is 52.1 cm³/mol. The molecule has 5 nitrogen and oxygen atoms in total. The number of nitrogens with one attached hydrogen (secondary N) is 1. The Labute approximate surface area is 86.0 Å². The molecule has 1 aromatic heterocycles. The van der Waals surface area contributed by atoms with Crippen molar-refractivity contribution in [2.24, 2.45) is 0 Å². The zero-order valence-corrected chi connectivity index (χ0v) is 8.89. The maximum atomic E-state index is 11.4. The number of ether oxygens (including phenoxy) is 1. The van der Waals surface area contributed by atoms with Crippen molar-refractivity contribution >= 4 is 17.2 Å². The number of thiazole rings is 1. The SMILES string of the molecule is COCCONC(=O)c1scnc1C. The molecule has 78 valence electrons. The summed E-state index contributed by atoms with van der Waals surface area (Å²) in [6.45, 7) is 2.56. The third-order valence-electron chi connectivity index (χ3n) is 1.51. The fraction of sp³-hybridized carbons (Fsp3) is 0.500. The normalized spacial score (nSPS) is 10.1. The minimum absolute atomic E-state index is 0.263. The minimum atomic E-state index is -0.263. The number of aromatic nitrogens is 1. The van der Waals surface area contributed by atoms with Crippen LogP contribution in [0.2, 0.25) is 0 Å². The van der Waals surface area contributed by atoms with Gasteiger partial charge in [-0.1, -0.05) is 0 Å². The largest absolute Gasteiger partial charge is 0.382 e. The Kier molecular flexibility index (Phi) is 4.51. The third-order valence-corrected chi connectivity index (χ3v) is 2.43. The van der Waals surface area contributed by atoms with Gasteiger partial charge in [0.15, 0.2) is 0 Å². The summed E-state index contributed by atoms with van der Waals surface area (Å²) >= 11 is 1.29. The summed E-state index contributed by atoms with van der Waals surface area (Å²) < 4.78 is 4.75. The van der Waals surface area contributed by atoms with Crippen LogP contribution >= 0.6 is 11.3 Å². The number of nitrogens with zero attached hydrogens (tertiary/aromatic N) is 1. The number of hydrogen-bond acceptors (Lipinski definition) is 5. The molecule has 0 saturated heterocycles. The Morgan fingerprint density at radius 3 is 3.00 bits per heavy atom. The van der Waals surface area contributed by atoms with E-state index >= 15 is 0 Å². The molecule has 0 radical (unpaired) electrons. The van der Waals surface area contributed by atoms with Gasteiger partial charge in [0, 0.05) is 7.11 Å². The average Bonchev–Trinajstić information content (AvgIpc) is 2.59. The molecule has 0 spiro atoms. The first-order valence-corrected chi connectivity index (χ1v) is 4.95. The van der Waals surface area contributed by atoms with Crippen LogP contribution in [0.4, 0.5) is 0 Å². The summed E-state index contributed by atoms with van der Waals surface area (Å²) in [6.07, 6.45) is 0. The van der Waals surface area contributed by atoms with Crippen molar-refractivity contribution in [3.63, 3.8) is 0 Å². The van der Waals surface area contributed by atoms with Crippen LogP contribution in [-0.4, -0.2) is 31.2 Å². The number of hydrogen-bond donors (Lipinski definition) is 1. The predicted octanol–water partition coefficient (Wildman–Crippen LogP) is 0.759. The van der Waals surface area contributed by atoms with Gasteiger partial charge in [-0.2, -0.15) is 0 Å². The Bertz CT molecular complexity index is 301. The van der Waals surface area contributed by atoms with Crippen LogP contribution in [-0.2, 0) is 9.57 Å². The highest BCUT2D eigenvalue weighted by Crippen LogP contribution is 2.11. The number of methoxy groups -OCH3 is 1. The molecular weight excluding hydrogens is 204 g/mol. The molecule has 1 N–H and O–H groups in total. The monoisotopic (exact) mass is 216 g/mol. The molecule has 0 aliphatic carbocycles. The summed E-state index contributed by atoms with van der Waals surface area (Å²) in [5.41, 5.74) is 4.65. The van der Waals surface area contributed by atoms with Gasteiger partial charge in [-0.15, -0.1) is 11.3 Å². The molecule has 6 heteroatoms. The number of carbonyl (C=O) groups is 1. The van der Waals surface area contributed by atoms with E-state index in [1.807, 2.05) is 0 Å². The van der Waals surface area contributed by atoms with Gasteiger partial charge < -0.3 is 4.74 Å². The highest BCUT2D eigenvalue weighted by molar-refractivity contribution is 7.11. The molecule has 0 aromatic carbocycles. The maximum absolute atomic E-state index is 11.4. The lowest BCUT2D eigenvalue weighted by atomic mass is 10.4. The number of hydroxylamine groups is 1. The molecule has 0 bridgehead atoms.